The number of nitro benzene ring substituents is 1. The molecule has 2 aliphatic heterocycles. The van der Waals surface area contributed by atoms with Crippen LogP contribution in [0.1, 0.15) is 50.3 Å². The lowest BCUT2D eigenvalue weighted by atomic mass is 9.75. The molecule has 0 N–H and O–H groups in total. The zero-order valence-corrected chi connectivity index (χ0v) is 28.8. The second kappa shape index (κ2) is 16.2. The van der Waals surface area contributed by atoms with Crippen LogP contribution in [0.2, 0.25) is 0 Å². The molecule has 264 valence electrons. The van der Waals surface area contributed by atoms with Crippen molar-refractivity contribution in [1.29, 1.82) is 0 Å². The van der Waals surface area contributed by atoms with Gasteiger partial charge in [-0.15, -0.1) is 0 Å². The summed E-state index contributed by atoms with van der Waals surface area (Å²) in [6.45, 7) is 8.21. The third-order valence-electron chi connectivity index (χ3n) is 8.58. The van der Waals surface area contributed by atoms with Gasteiger partial charge in [0.1, 0.15) is 30.5 Å². The summed E-state index contributed by atoms with van der Waals surface area (Å²) in [7, 11) is 1.25. The SMILES string of the molecule is COC(=O)C1C(C)=NC(C)=C(C(=O)OCCc2ccc(OCC3OC(C)(C)OC3COCc3ccccc3)cc2)C1c1cccc([N+](=O)[O-])c1. The van der Waals surface area contributed by atoms with Gasteiger partial charge in [0.05, 0.1) is 37.4 Å². The maximum absolute atomic E-state index is 13.6. The molecule has 50 heavy (non-hydrogen) atoms. The Bertz CT molecular complexity index is 1740. The van der Waals surface area contributed by atoms with Gasteiger partial charge >= 0.3 is 11.9 Å². The molecular formula is C38H42N2O10. The summed E-state index contributed by atoms with van der Waals surface area (Å²) in [6, 6.07) is 23.2. The summed E-state index contributed by atoms with van der Waals surface area (Å²) in [5.41, 5.74) is 3.20. The van der Waals surface area contributed by atoms with Crippen LogP contribution >= 0.6 is 0 Å². The van der Waals surface area contributed by atoms with E-state index in [4.69, 9.17) is 28.4 Å². The molecule has 0 aromatic heterocycles. The van der Waals surface area contributed by atoms with Gasteiger partial charge < -0.3 is 28.4 Å². The molecule has 5 rings (SSSR count). The molecule has 0 saturated carbocycles. The third-order valence-corrected chi connectivity index (χ3v) is 8.58. The van der Waals surface area contributed by atoms with Crippen molar-refractivity contribution in [2.45, 2.75) is 64.6 Å². The van der Waals surface area contributed by atoms with Gasteiger partial charge in [-0.05, 0) is 56.5 Å². The number of carbonyl (C=O) groups is 2. The van der Waals surface area contributed by atoms with Crippen LogP contribution in [0.3, 0.4) is 0 Å². The molecule has 3 aromatic rings. The van der Waals surface area contributed by atoms with Crippen LogP contribution < -0.4 is 4.74 Å². The number of benzene rings is 3. The summed E-state index contributed by atoms with van der Waals surface area (Å²) >= 11 is 0. The average Bonchev–Trinajstić information content (AvgIpc) is 3.40. The van der Waals surface area contributed by atoms with E-state index in [9.17, 15) is 19.7 Å². The van der Waals surface area contributed by atoms with Crippen molar-refractivity contribution in [3.05, 3.63) is 117 Å². The number of hydrogen-bond acceptors (Lipinski definition) is 11. The van der Waals surface area contributed by atoms with Crippen molar-refractivity contribution in [3.8, 4) is 5.75 Å². The van der Waals surface area contributed by atoms with Crippen LogP contribution in [0, 0.1) is 16.0 Å². The van der Waals surface area contributed by atoms with Gasteiger partial charge in [0.15, 0.2) is 5.79 Å². The number of esters is 2. The first-order valence-electron chi connectivity index (χ1n) is 16.4. The largest absolute Gasteiger partial charge is 0.491 e. The molecule has 2 heterocycles. The number of methoxy groups -OCH3 is 1. The molecule has 12 nitrogen and oxygen atoms in total. The van der Waals surface area contributed by atoms with E-state index in [1.807, 2.05) is 68.4 Å². The Kier molecular flexibility index (Phi) is 11.8. The van der Waals surface area contributed by atoms with Crippen LogP contribution in [0.4, 0.5) is 5.69 Å². The predicted molar refractivity (Wildman–Crippen MR) is 184 cm³/mol. The minimum absolute atomic E-state index is 0.0516. The second-order valence-electron chi connectivity index (χ2n) is 12.6. The predicted octanol–water partition coefficient (Wildman–Crippen LogP) is 6.12. The number of nitrogens with zero attached hydrogens (tertiary/aromatic N) is 2. The molecule has 3 aromatic carbocycles. The topological polar surface area (TPSA) is 145 Å². The second-order valence-corrected chi connectivity index (χ2v) is 12.6. The molecule has 2 aliphatic rings. The lowest BCUT2D eigenvalue weighted by Gasteiger charge is -2.31. The summed E-state index contributed by atoms with van der Waals surface area (Å²) in [5, 5.41) is 11.5. The Labute approximate surface area is 291 Å². The van der Waals surface area contributed by atoms with Crippen LogP contribution in [0.25, 0.3) is 0 Å². The monoisotopic (exact) mass is 686 g/mol. The Morgan fingerprint density at radius 2 is 1.62 bits per heavy atom. The molecule has 4 unspecified atom stereocenters. The molecular weight excluding hydrogens is 644 g/mol. The molecule has 0 spiro atoms. The molecule has 1 saturated heterocycles. The Morgan fingerprint density at radius 1 is 0.920 bits per heavy atom. The van der Waals surface area contributed by atoms with Gasteiger partial charge in [0.2, 0.25) is 0 Å². The van der Waals surface area contributed by atoms with Crippen molar-refractivity contribution in [3.63, 3.8) is 0 Å². The van der Waals surface area contributed by atoms with Gasteiger partial charge in [0.25, 0.3) is 5.69 Å². The fraction of sp³-hybridized carbons (Fsp3) is 0.395. The van der Waals surface area contributed by atoms with Crippen molar-refractivity contribution in [2.75, 3.05) is 26.9 Å². The Morgan fingerprint density at radius 3 is 2.30 bits per heavy atom. The van der Waals surface area contributed by atoms with Crippen LogP contribution in [0.15, 0.2) is 95.1 Å². The zero-order chi connectivity index (χ0) is 35.8. The standard InChI is InChI=1S/C38H42N2O10/c1-24-33(36(41)45-5)35(28-12-9-13-29(20-28)40(43)44)34(25(2)39-24)37(42)47-19-18-26-14-16-30(17-15-26)48-23-32-31(49-38(3,4)50-32)22-46-21-27-10-7-6-8-11-27/h6-17,20,31-33,35H,18-19,21-23H2,1-5H3. The summed E-state index contributed by atoms with van der Waals surface area (Å²) in [6.07, 6.45) is -0.202. The number of nitro groups is 1. The Hall–Kier alpha value is -4.91. The molecule has 1 fully saturated rings. The molecule has 0 amide bonds. The van der Waals surface area contributed by atoms with Crippen molar-refractivity contribution >= 4 is 23.3 Å². The smallest absolute Gasteiger partial charge is 0.336 e. The first-order valence-corrected chi connectivity index (χ1v) is 16.4. The quantitative estimate of drug-likeness (QED) is 0.111. The van der Waals surface area contributed by atoms with Gasteiger partial charge in [-0.1, -0.05) is 54.6 Å². The van der Waals surface area contributed by atoms with E-state index in [2.05, 4.69) is 4.99 Å². The highest BCUT2D eigenvalue weighted by Gasteiger charge is 2.43. The molecule has 12 heteroatoms. The van der Waals surface area contributed by atoms with Crippen LogP contribution in [-0.4, -0.2) is 67.5 Å². The van der Waals surface area contributed by atoms with E-state index < -0.39 is 34.5 Å². The number of carbonyl (C=O) groups excluding carboxylic acids is 2. The number of ether oxygens (including phenoxy) is 6. The normalized spacial score (nSPS) is 21.3. The lowest BCUT2D eigenvalue weighted by molar-refractivity contribution is -0.384. The highest BCUT2D eigenvalue weighted by molar-refractivity contribution is 6.07. The highest BCUT2D eigenvalue weighted by Crippen LogP contribution is 2.41. The summed E-state index contributed by atoms with van der Waals surface area (Å²) in [4.78, 5) is 41.9. The van der Waals surface area contributed by atoms with Gasteiger partial charge in [-0.2, -0.15) is 0 Å². The van der Waals surface area contributed by atoms with Crippen LogP contribution in [0.5, 0.6) is 5.75 Å². The summed E-state index contributed by atoms with van der Waals surface area (Å²) < 4.78 is 34.8. The number of aliphatic imine (C=N–C) groups is 1. The minimum Gasteiger partial charge on any atom is -0.491 e. The molecule has 0 bridgehead atoms. The molecule has 0 aliphatic carbocycles. The first kappa shape index (κ1) is 36.4. The number of hydrogen-bond donors (Lipinski definition) is 0. The van der Waals surface area contributed by atoms with Gasteiger partial charge in [-0.25, -0.2) is 4.79 Å². The maximum atomic E-state index is 13.6. The van der Waals surface area contributed by atoms with Crippen molar-refractivity contribution < 1.29 is 42.9 Å². The maximum Gasteiger partial charge on any atom is 0.336 e. The fourth-order valence-electron chi connectivity index (χ4n) is 6.25. The zero-order valence-electron chi connectivity index (χ0n) is 28.8. The van der Waals surface area contributed by atoms with E-state index >= 15 is 0 Å². The number of non-ortho nitro benzene ring substituents is 1. The van der Waals surface area contributed by atoms with Crippen LogP contribution in [-0.2, 0) is 46.3 Å². The lowest BCUT2D eigenvalue weighted by Crippen LogP contribution is -2.36. The van der Waals surface area contributed by atoms with E-state index in [-0.39, 0.29) is 36.7 Å². The van der Waals surface area contributed by atoms with E-state index in [0.29, 0.717) is 42.4 Å². The van der Waals surface area contributed by atoms with E-state index in [1.165, 1.54) is 25.3 Å². The minimum atomic E-state index is -0.954. The van der Waals surface area contributed by atoms with E-state index in [0.717, 1.165) is 11.1 Å². The summed E-state index contributed by atoms with van der Waals surface area (Å²) in [5.74, 6) is -3.21. The van der Waals surface area contributed by atoms with E-state index in [1.54, 1.807) is 19.9 Å². The molecule has 0 radical (unpaired) electrons. The third kappa shape index (κ3) is 9.00. The fourth-order valence-corrected chi connectivity index (χ4v) is 6.25. The van der Waals surface area contributed by atoms with Crippen molar-refractivity contribution in [1.82, 2.24) is 0 Å². The molecule has 4 atom stereocenters. The number of allylic oxidation sites excluding steroid dienone is 1. The Balaban J connectivity index is 1.17. The highest BCUT2D eigenvalue weighted by atomic mass is 16.8. The van der Waals surface area contributed by atoms with Crippen molar-refractivity contribution in [2.24, 2.45) is 10.9 Å². The van der Waals surface area contributed by atoms with Gasteiger partial charge in [-0.3, -0.25) is 19.9 Å². The average molecular weight is 687 g/mol. The van der Waals surface area contributed by atoms with Gasteiger partial charge in [0, 0.05) is 35.9 Å². The number of rotatable bonds is 14. The first-order chi connectivity index (χ1) is 24.0.